The molecular formula is C16H11BrFN3OS. The third kappa shape index (κ3) is 3.46. The number of amides is 1. The molecule has 116 valence electrons. The highest BCUT2D eigenvalue weighted by molar-refractivity contribution is 9.10. The molecule has 0 aliphatic carbocycles. The maximum atomic E-state index is 13.8. The average molecular weight is 392 g/mol. The number of anilines is 1. The number of hydrogen-bond acceptors (Lipinski definition) is 4. The van der Waals surface area contributed by atoms with Gasteiger partial charge in [-0.1, -0.05) is 51.5 Å². The van der Waals surface area contributed by atoms with Crippen LogP contribution in [0.3, 0.4) is 0 Å². The molecule has 0 unspecified atom stereocenters. The SMILES string of the molecule is Cc1cccc(F)c1C(=O)Nc1nnc(-c2cccc(Br)c2)s1. The van der Waals surface area contributed by atoms with E-state index in [2.05, 4.69) is 31.4 Å². The quantitative estimate of drug-likeness (QED) is 0.705. The number of benzene rings is 2. The normalized spacial score (nSPS) is 10.6. The zero-order valence-corrected chi connectivity index (χ0v) is 14.4. The van der Waals surface area contributed by atoms with Crippen LogP contribution in [-0.4, -0.2) is 16.1 Å². The van der Waals surface area contributed by atoms with Crippen molar-refractivity contribution in [3.8, 4) is 10.6 Å². The number of rotatable bonds is 3. The average Bonchev–Trinajstić information content (AvgIpc) is 2.95. The number of carbonyl (C=O) groups is 1. The van der Waals surface area contributed by atoms with Crippen LogP contribution in [0.1, 0.15) is 15.9 Å². The number of hydrogen-bond donors (Lipinski definition) is 1. The number of aryl methyl sites for hydroxylation is 1. The Morgan fingerprint density at radius 2 is 2.00 bits per heavy atom. The molecule has 0 aliphatic rings. The summed E-state index contributed by atoms with van der Waals surface area (Å²) in [5.41, 5.74) is 1.48. The molecule has 0 fully saturated rings. The van der Waals surface area contributed by atoms with Crippen molar-refractivity contribution < 1.29 is 9.18 Å². The number of aromatic nitrogens is 2. The van der Waals surface area contributed by atoms with Gasteiger partial charge in [0.2, 0.25) is 5.13 Å². The third-order valence-electron chi connectivity index (χ3n) is 3.17. The molecule has 0 radical (unpaired) electrons. The number of carbonyl (C=O) groups excluding carboxylic acids is 1. The smallest absolute Gasteiger partial charge is 0.260 e. The highest BCUT2D eigenvalue weighted by Crippen LogP contribution is 2.28. The van der Waals surface area contributed by atoms with Gasteiger partial charge in [0.1, 0.15) is 10.8 Å². The van der Waals surface area contributed by atoms with E-state index in [1.165, 1.54) is 17.4 Å². The molecule has 0 saturated carbocycles. The third-order valence-corrected chi connectivity index (χ3v) is 4.55. The zero-order valence-electron chi connectivity index (χ0n) is 12.0. The molecule has 1 amide bonds. The molecule has 2 aromatic carbocycles. The lowest BCUT2D eigenvalue weighted by Crippen LogP contribution is -2.15. The predicted molar refractivity (Wildman–Crippen MR) is 92.1 cm³/mol. The van der Waals surface area contributed by atoms with Crippen LogP contribution >= 0.6 is 27.3 Å². The fraction of sp³-hybridized carbons (Fsp3) is 0.0625. The van der Waals surface area contributed by atoms with Gasteiger partial charge in [-0.15, -0.1) is 10.2 Å². The Balaban J connectivity index is 1.83. The van der Waals surface area contributed by atoms with E-state index >= 15 is 0 Å². The molecule has 23 heavy (non-hydrogen) atoms. The van der Waals surface area contributed by atoms with E-state index in [1.54, 1.807) is 19.1 Å². The summed E-state index contributed by atoms with van der Waals surface area (Å²) < 4.78 is 14.7. The van der Waals surface area contributed by atoms with Crippen molar-refractivity contribution in [3.63, 3.8) is 0 Å². The molecule has 1 heterocycles. The van der Waals surface area contributed by atoms with Crippen molar-refractivity contribution in [2.24, 2.45) is 0 Å². The van der Waals surface area contributed by atoms with Crippen LogP contribution in [0, 0.1) is 12.7 Å². The summed E-state index contributed by atoms with van der Waals surface area (Å²) in [6.45, 7) is 1.69. The number of halogens is 2. The summed E-state index contributed by atoms with van der Waals surface area (Å²) in [6.07, 6.45) is 0. The van der Waals surface area contributed by atoms with Crippen molar-refractivity contribution in [1.29, 1.82) is 0 Å². The van der Waals surface area contributed by atoms with Crippen LogP contribution in [0.4, 0.5) is 9.52 Å². The molecule has 0 atom stereocenters. The summed E-state index contributed by atoms with van der Waals surface area (Å²) in [5, 5.41) is 11.6. The Morgan fingerprint density at radius 1 is 1.22 bits per heavy atom. The van der Waals surface area contributed by atoms with Gasteiger partial charge in [0.25, 0.3) is 5.91 Å². The van der Waals surface area contributed by atoms with Crippen LogP contribution in [0.15, 0.2) is 46.9 Å². The van der Waals surface area contributed by atoms with Gasteiger partial charge in [0.15, 0.2) is 0 Å². The van der Waals surface area contributed by atoms with E-state index in [9.17, 15) is 9.18 Å². The maximum Gasteiger partial charge on any atom is 0.260 e. The second-order valence-corrected chi connectivity index (χ2v) is 6.70. The van der Waals surface area contributed by atoms with Crippen molar-refractivity contribution >= 4 is 38.3 Å². The number of nitrogens with one attached hydrogen (secondary N) is 1. The highest BCUT2D eigenvalue weighted by atomic mass is 79.9. The fourth-order valence-corrected chi connectivity index (χ4v) is 3.23. The Kier molecular flexibility index (Phi) is 4.49. The summed E-state index contributed by atoms with van der Waals surface area (Å²) >= 11 is 4.63. The topological polar surface area (TPSA) is 54.9 Å². The van der Waals surface area contributed by atoms with Crippen molar-refractivity contribution in [1.82, 2.24) is 10.2 Å². The molecule has 4 nitrogen and oxygen atoms in total. The predicted octanol–water partition coefficient (Wildman–Crippen LogP) is 4.67. The van der Waals surface area contributed by atoms with Crippen LogP contribution in [0.25, 0.3) is 10.6 Å². The summed E-state index contributed by atoms with van der Waals surface area (Å²) in [4.78, 5) is 12.2. The lowest BCUT2D eigenvalue weighted by atomic mass is 10.1. The number of nitrogens with zero attached hydrogens (tertiary/aromatic N) is 2. The highest BCUT2D eigenvalue weighted by Gasteiger charge is 2.16. The lowest BCUT2D eigenvalue weighted by Gasteiger charge is -2.05. The van der Waals surface area contributed by atoms with Gasteiger partial charge in [-0.25, -0.2) is 4.39 Å². The van der Waals surface area contributed by atoms with E-state index in [-0.39, 0.29) is 5.56 Å². The molecule has 1 N–H and O–H groups in total. The molecule has 3 rings (SSSR count). The van der Waals surface area contributed by atoms with E-state index in [1.807, 2.05) is 24.3 Å². The van der Waals surface area contributed by atoms with Gasteiger partial charge in [-0.3, -0.25) is 10.1 Å². The minimum absolute atomic E-state index is 0.0201. The van der Waals surface area contributed by atoms with Crippen LogP contribution < -0.4 is 5.32 Å². The van der Waals surface area contributed by atoms with E-state index in [4.69, 9.17) is 0 Å². The summed E-state index contributed by atoms with van der Waals surface area (Å²) in [5.74, 6) is -1.09. The molecule has 0 bridgehead atoms. The lowest BCUT2D eigenvalue weighted by molar-refractivity contribution is 0.102. The van der Waals surface area contributed by atoms with Gasteiger partial charge in [-0.2, -0.15) is 0 Å². The molecular weight excluding hydrogens is 381 g/mol. The van der Waals surface area contributed by atoms with Crippen molar-refractivity contribution in [2.75, 3.05) is 5.32 Å². The molecule has 3 aromatic rings. The Hall–Kier alpha value is -2.12. The fourth-order valence-electron chi connectivity index (χ4n) is 2.09. The second kappa shape index (κ2) is 6.55. The minimum Gasteiger partial charge on any atom is -0.296 e. The molecule has 7 heteroatoms. The molecule has 0 aliphatic heterocycles. The van der Waals surface area contributed by atoms with E-state index < -0.39 is 11.7 Å². The monoisotopic (exact) mass is 391 g/mol. The van der Waals surface area contributed by atoms with E-state index in [0.717, 1.165) is 10.0 Å². The first-order valence-electron chi connectivity index (χ1n) is 6.70. The van der Waals surface area contributed by atoms with Crippen molar-refractivity contribution in [3.05, 3.63) is 63.9 Å². The Bertz CT molecular complexity index is 861. The van der Waals surface area contributed by atoms with Crippen LogP contribution in [0.5, 0.6) is 0 Å². The van der Waals surface area contributed by atoms with Gasteiger partial charge >= 0.3 is 0 Å². The summed E-state index contributed by atoms with van der Waals surface area (Å²) in [7, 11) is 0. The van der Waals surface area contributed by atoms with Gasteiger partial charge in [0.05, 0.1) is 5.56 Å². The second-order valence-electron chi connectivity index (χ2n) is 4.81. The molecule has 0 spiro atoms. The Morgan fingerprint density at radius 3 is 2.74 bits per heavy atom. The largest absolute Gasteiger partial charge is 0.296 e. The Labute approximate surface area is 144 Å². The molecule has 1 aromatic heterocycles. The molecule has 0 saturated heterocycles. The van der Waals surface area contributed by atoms with Crippen molar-refractivity contribution in [2.45, 2.75) is 6.92 Å². The zero-order chi connectivity index (χ0) is 16.4. The van der Waals surface area contributed by atoms with Crippen LogP contribution in [-0.2, 0) is 0 Å². The maximum absolute atomic E-state index is 13.8. The van der Waals surface area contributed by atoms with Gasteiger partial charge in [-0.05, 0) is 30.7 Å². The first kappa shape index (κ1) is 15.8. The first-order valence-corrected chi connectivity index (χ1v) is 8.31. The van der Waals surface area contributed by atoms with Crippen LogP contribution in [0.2, 0.25) is 0 Å². The van der Waals surface area contributed by atoms with Gasteiger partial charge < -0.3 is 0 Å². The van der Waals surface area contributed by atoms with E-state index in [0.29, 0.717) is 15.7 Å². The first-order chi connectivity index (χ1) is 11.0. The standard InChI is InChI=1S/C16H11BrFN3OS/c1-9-4-2-7-12(18)13(9)14(22)19-16-21-20-15(23-16)10-5-3-6-11(17)8-10/h2-8H,1H3,(H,19,21,22). The minimum atomic E-state index is -0.556. The summed E-state index contributed by atoms with van der Waals surface area (Å²) in [6, 6.07) is 12.1. The van der Waals surface area contributed by atoms with Gasteiger partial charge in [0, 0.05) is 10.0 Å².